The molecular weight excluding hydrogens is 1210 g/mol. The Morgan fingerprint density at radius 2 is 0.717 bits per heavy atom. The minimum absolute atomic E-state index is 0.122. The second kappa shape index (κ2) is 38.1. The van der Waals surface area contributed by atoms with Gasteiger partial charge in [0.2, 0.25) is 0 Å². The van der Waals surface area contributed by atoms with Crippen molar-refractivity contribution in [2.24, 2.45) is 17.8 Å². The van der Waals surface area contributed by atoms with Crippen LogP contribution in [0.15, 0.2) is 115 Å². The highest BCUT2D eigenvalue weighted by Crippen LogP contribution is 2.35. The number of benzene rings is 6. The number of likely N-dealkylation sites (tertiary alicyclic amines) is 3. The topological polar surface area (TPSA) is 120 Å². The third-order valence-corrected chi connectivity index (χ3v) is 17.6. The fourth-order valence-electron chi connectivity index (χ4n) is 11.7. The monoisotopic (exact) mass is 1300 g/mol. The van der Waals surface area contributed by atoms with Gasteiger partial charge in [-0.05, 0) is 224 Å². The first kappa shape index (κ1) is 72.2. The SMILES string of the molecule is COc1ccc(CCN2CCC(CCOc3ccccc3OC(F)(F)F)CC2)cc1OC.COc1ccc(OCCC2CCN(CCc3ccc(OC)c(OC)c3)CC2)cc1Cl.COc1ccc(OCCC2CCN(CCc3ccc(OC)c(OC)c3)CC2)cc1F. The van der Waals surface area contributed by atoms with E-state index in [-0.39, 0.29) is 17.2 Å². The molecule has 0 bridgehead atoms. The van der Waals surface area contributed by atoms with E-state index in [4.69, 9.17) is 63.7 Å². The Morgan fingerprint density at radius 3 is 1.07 bits per heavy atom. The van der Waals surface area contributed by atoms with Crippen molar-refractivity contribution in [2.45, 2.75) is 83.4 Å². The first-order valence-corrected chi connectivity index (χ1v) is 32.2. The molecule has 0 aromatic heterocycles. The van der Waals surface area contributed by atoms with Gasteiger partial charge in [-0.2, -0.15) is 0 Å². The highest BCUT2D eigenvalue weighted by Gasteiger charge is 2.32. The van der Waals surface area contributed by atoms with E-state index >= 15 is 0 Å². The maximum Gasteiger partial charge on any atom is 0.573 e. The average molecular weight is 1300 g/mol. The highest BCUT2D eigenvalue weighted by atomic mass is 35.5. The zero-order chi connectivity index (χ0) is 65.7. The Bertz CT molecular complexity index is 2980. The van der Waals surface area contributed by atoms with Crippen LogP contribution < -0.4 is 56.8 Å². The molecule has 0 radical (unpaired) electrons. The summed E-state index contributed by atoms with van der Waals surface area (Å²) < 4.78 is 115. The predicted octanol–water partition coefficient (Wildman–Crippen LogP) is 15.0. The molecule has 9 rings (SSSR count). The van der Waals surface area contributed by atoms with Crippen molar-refractivity contribution in [3.05, 3.63) is 143 Å². The number of ether oxygens (including phenoxy) is 12. The van der Waals surface area contributed by atoms with Crippen molar-refractivity contribution >= 4 is 11.6 Å². The van der Waals surface area contributed by atoms with E-state index in [1.807, 2.05) is 42.5 Å². The van der Waals surface area contributed by atoms with Crippen LogP contribution in [0.25, 0.3) is 0 Å². The van der Waals surface area contributed by atoms with Gasteiger partial charge in [-0.15, -0.1) is 13.2 Å². The van der Waals surface area contributed by atoms with Crippen molar-refractivity contribution in [3.63, 3.8) is 0 Å². The highest BCUT2D eigenvalue weighted by molar-refractivity contribution is 6.32. The van der Waals surface area contributed by atoms with Crippen LogP contribution in [0.1, 0.15) is 74.5 Å². The second-order valence-electron chi connectivity index (χ2n) is 23.2. The number of piperidine rings is 3. The molecule has 0 saturated carbocycles. The van der Waals surface area contributed by atoms with Crippen LogP contribution in [0.5, 0.6) is 69.0 Å². The van der Waals surface area contributed by atoms with E-state index in [0.717, 1.165) is 163 Å². The van der Waals surface area contributed by atoms with E-state index in [1.165, 1.54) is 73.7 Å². The lowest BCUT2D eigenvalue weighted by Gasteiger charge is -2.32. The molecule has 3 aliphatic rings. The van der Waals surface area contributed by atoms with Crippen molar-refractivity contribution < 1.29 is 74.4 Å². The van der Waals surface area contributed by atoms with Crippen molar-refractivity contribution in [1.82, 2.24) is 14.7 Å². The second-order valence-corrected chi connectivity index (χ2v) is 23.6. The summed E-state index contributed by atoms with van der Waals surface area (Å²) in [6.07, 6.45) is 7.99. The lowest BCUT2D eigenvalue weighted by Crippen LogP contribution is -2.35. The van der Waals surface area contributed by atoms with Gasteiger partial charge in [-0.3, -0.25) is 0 Å². The maximum atomic E-state index is 13.7. The van der Waals surface area contributed by atoms with Crippen LogP contribution in [0.3, 0.4) is 0 Å². The summed E-state index contributed by atoms with van der Waals surface area (Å²) in [5.41, 5.74) is 3.74. The van der Waals surface area contributed by atoms with Gasteiger partial charge < -0.3 is 71.5 Å². The molecule has 0 aliphatic carbocycles. The molecule has 0 spiro atoms. The van der Waals surface area contributed by atoms with Crippen LogP contribution in [0.4, 0.5) is 17.6 Å². The third kappa shape index (κ3) is 23.7. The molecule has 504 valence electrons. The smallest absolute Gasteiger partial charge is 0.495 e. The molecule has 20 heteroatoms. The van der Waals surface area contributed by atoms with Gasteiger partial charge in [0, 0.05) is 31.8 Å². The molecule has 0 atom stereocenters. The molecule has 3 aliphatic heterocycles. The first-order chi connectivity index (χ1) is 44.6. The fraction of sp³-hybridized carbons (Fsp3) is 0.500. The minimum atomic E-state index is -4.73. The van der Waals surface area contributed by atoms with Gasteiger partial charge in [0.25, 0.3) is 0 Å². The standard InChI is InChI=1S/C24H32ClNO4.C24H30F3NO4.C24H32FNO4/c1-27-22-7-5-20(17-21(22)25)30-15-11-18-8-12-26(13-9-18)14-10-19-4-6-23(28-2)24(16-19)29-3;1-29-20-8-7-19(17-23(20)30-2)11-15-28-13-9-18(10-14-28)12-16-31-21-5-3-4-6-22(21)32-24(25,26)27;1-27-22-7-5-20(17-21(22)25)30-15-11-18-8-12-26(13-9-18)14-10-19-4-6-23(28-2)24(16-19)29-3/h4-7,16-18H,8-15H2,1-3H3;3-8,17-18H,9-16H2,1-2H3;4-7,16-18H,8-15H2,1-3H3. The molecule has 3 saturated heterocycles. The van der Waals surface area contributed by atoms with E-state index in [0.29, 0.717) is 41.6 Å². The Kier molecular flexibility index (Phi) is 29.9. The molecule has 6 aromatic carbocycles. The number of hydrogen-bond donors (Lipinski definition) is 0. The number of halogens is 5. The van der Waals surface area contributed by atoms with Crippen LogP contribution in [0, 0.1) is 23.6 Å². The summed E-state index contributed by atoms with van der Waals surface area (Å²) in [6.45, 7) is 11.3. The molecule has 92 heavy (non-hydrogen) atoms. The number of para-hydroxylation sites is 2. The molecule has 0 N–H and O–H groups in total. The quantitative estimate of drug-likeness (QED) is 0.0398. The number of rotatable bonds is 30. The predicted molar refractivity (Wildman–Crippen MR) is 352 cm³/mol. The van der Waals surface area contributed by atoms with Gasteiger partial charge in [-0.25, -0.2) is 4.39 Å². The van der Waals surface area contributed by atoms with Crippen molar-refractivity contribution in [1.29, 1.82) is 0 Å². The third-order valence-electron chi connectivity index (χ3n) is 17.3. The van der Waals surface area contributed by atoms with Crippen LogP contribution in [0.2, 0.25) is 5.02 Å². The molecule has 3 fully saturated rings. The zero-order valence-corrected chi connectivity index (χ0v) is 55.6. The van der Waals surface area contributed by atoms with Crippen molar-refractivity contribution in [2.75, 3.05) is 136 Å². The summed E-state index contributed by atoms with van der Waals surface area (Å²) in [5, 5.41) is 0.581. The summed E-state index contributed by atoms with van der Waals surface area (Å²) in [6, 6.07) is 34.5. The van der Waals surface area contributed by atoms with Crippen molar-refractivity contribution in [3.8, 4) is 69.0 Å². The molecule has 0 unspecified atom stereocenters. The van der Waals surface area contributed by atoms with E-state index in [2.05, 4.69) is 49.8 Å². The Hall–Kier alpha value is -7.19. The number of hydrogen-bond acceptors (Lipinski definition) is 15. The summed E-state index contributed by atoms with van der Waals surface area (Å²) in [4.78, 5) is 7.52. The summed E-state index contributed by atoms with van der Waals surface area (Å²) in [5.74, 6) is 8.17. The molecule has 6 aromatic rings. The summed E-state index contributed by atoms with van der Waals surface area (Å²) in [7, 11) is 13.0. The van der Waals surface area contributed by atoms with E-state index in [1.54, 1.807) is 68.0 Å². The Balaban J connectivity index is 0.000000196. The zero-order valence-electron chi connectivity index (χ0n) is 54.8. The number of methoxy groups -OCH3 is 8. The lowest BCUT2D eigenvalue weighted by atomic mass is 9.93. The van der Waals surface area contributed by atoms with E-state index < -0.39 is 12.2 Å². The Morgan fingerprint density at radius 1 is 0.380 bits per heavy atom. The average Bonchev–Trinajstić information content (AvgIpc) is 2.76. The van der Waals surface area contributed by atoms with Crippen LogP contribution in [-0.4, -0.2) is 157 Å². The van der Waals surface area contributed by atoms with E-state index in [9.17, 15) is 17.6 Å². The first-order valence-electron chi connectivity index (χ1n) is 31.8. The fourth-order valence-corrected chi connectivity index (χ4v) is 12.0. The van der Waals surface area contributed by atoms with Gasteiger partial charge >= 0.3 is 6.36 Å². The van der Waals surface area contributed by atoms with Gasteiger partial charge in [0.1, 0.15) is 17.2 Å². The minimum Gasteiger partial charge on any atom is -0.495 e. The molecule has 0 amide bonds. The largest absolute Gasteiger partial charge is 0.573 e. The van der Waals surface area contributed by atoms with Crippen LogP contribution in [-0.2, 0) is 19.3 Å². The molecule has 3 heterocycles. The maximum absolute atomic E-state index is 13.7. The normalized spacial score (nSPS) is 15.2. The van der Waals surface area contributed by atoms with Gasteiger partial charge in [-0.1, -0.05) is 41.9 Å². The van der Waals surface area contributed by atoms with Crippen LogP contribution >= 0.6 is 11.6 Å². The van der Waals surface area contributed by atoms with Gasteiger partial charge in [0.15, 0.2) is 57.6 Å². The molecular formula is C72H94ClF4N3O12. The lowest BCUT2D eigenvalue weighted by molar-refractivity contribution is -0.275. The Labute approximate surface area is 546 Å². The summed E-state index contributed by atoms with van der Waals surface area (Å²) >= 11 is 6.16. The molecule has 15 nitrogen and oxygen atoms in total. The number of alkyl halides is 3. The van der Waals surface area contributed by atoms with Gasteiger partial charge in [0.05, 0.1) is 81.7 Å². The number of nitrogens with zero attached hydrogens (tertiary/aromatic N) is 3.